The van der Waals surface area contributed by atoms with Crippen molar-refractivity contribution in [3.05, 3.63) is 88.2 Å². The van der Waals surface area contributed by atoms with E-state index in [1.165, 1.54) is 11.1 Å². The van der Waals surface area contributed by atoms with Crippen LogP contribution in [0.1, 0.15) is 53.9 Å². The highest BCUT2D eigenvalue weighted by Gasteiger charge is 2.24. The van der Waals surface area contributed by atoms with Crippen molar-refractivity contribution < 1.29 is 4.74 Å². The van der Waals surface area contributed by atoms with Crippen LogP contribution in [0.25, 0.3) is 5.57 Å². The number of halogens is 1. The van der Waals surface area contributed by atoms with Crippen molar-refractivity contribution in [2.45, 2.75) is 39.3 Å². The third kappa shape index (κ3) is 4.94. The first kappa shape index (κ1) is 22.1. The third-order valence-electron chi connectivity index (χ3n) is 5.43. The van der Waals surface area contributed by atoms with Gasteiger partial charge in [0.15, 0.2) is 0 Å². The first-order chi connectivity index (χ1) is 14.4. The van der Waals surface area contributed by atoms with Crippen LogP contribution in [0.5, 0.6) is 5.75 Å². The summed E-state index contributed by atoms with van der Waals surface area (Å²) >= 11 is 6.16. The molecule has 0 aliphatic rings. The monoisotopic (exact) mass is 423 g/mol. The third-order valence-corrected chi connectivity index (χ3v) is 5.68. The second-order valence-corrected chi connectivity index (χ2v) is 7.97. The summed E-state index contributed by atoms with van der Waals surface area (Å²) in [5, 5.41) is 9.27. The van der Waals surface area contributed by atoms with Crippen LogP contribution < -0.4 is 10.1 Å². The highest BCUT2D eigenvalue weighted by molar-refractivity contribution is 6.30. The molecule has 1 atom stereocenters. The van der Waals surface area contributed by atoms with Gasteiger partial charge in [-0.2, -0.15) is 5.10 Å². The van der Waals surface area contributed by atoms with Crippen LogP contribution >= 0.6 is 11.6 Å². The van der Waals surface area contributed by atoms with Gasteiger partial charge in [-0.15, -0.1) is 0 Å². The molecule has 0 aliphatic carbocycles. The molecule has 3 rings (SSSR count). The second kappa shape index (κ2) is 9.96. The Morgan fingerprint density at radius 1 is 1.17 bits per heavy atom. The number of rotatable bonds is 9. The molecule has 1 N–H and O–H groups in total. The van der Waals surface area contributed by atoms with E-state index < -0.39 is 0 Å². The molecule has 0 radical (unpaired) electrons. The number of ether oxygens (including phenoxy) is 1. The SMILES string of the molecule is C=C(CCC)c1nn(C)c(C)c1C(NCc1ccc(OC)cc1)c1ccc(Cl)cc1. The molecule has 0 spiro atoms. The number of hydrogen-bond acceptors (Lipinski definition) is 3. The van der Waals surface area contributed by atoms with Gasteiger partial charge in [0.05, 0.1) is 18.8 Å². The number of nitrogens with zero attached hydrogens (tertiary/aromatic N) is 2. The lowest BCUT2D eigenvalue weighted by molar-refractivity contribution is 0.414. The van der Waals surface area contributed by atoms with Crippen LogP contribution in [0.15, 0.2) is 55.1 Å². The van der Waals surface area contributed by atoms with Crippen molar-refractivity contribution in [3.8, 4) is 5.75 Å². The van der Waals surface area contributed by atoms with E-state index in [4.69, 9.17) is 21.4 Å². The summed E-state index contributed by atoms with van der Waals surface area (Å²) < 4.78 is 7.22. The van der Waals surface area contributed by atoms with Gasteiger partial charge in [-0.1, -0.05) is 55.8 Å². The normalized spacial score (nSPS) is 12.0. The predicted molar refractivity (Wildman–Crippen MR) is 125 cm³/mol. The molecule has 0 saturated heterocycles. The topological polar surface area (TPSA) is 39.1 Å². The number of methoxy groups -OCH3 is 1. The fourth-order valence-electron chi connectivity index (χ4n) is 3.66. The lowest BCUT2D eigenvalue weighted by atomic mass is 9.93. The first-order valence-electron chi connectivity index (χ1n) is 10.3. The van der Waals surface area contributed by atoms with Crippen LogP contribution in [-0.4, -0.2) is 16.9 Å². The van der Waals surface area contributed by atoms with Crippen LogP contribution in [0.4, 0.5) is 0 Å². The average molecular weight is 424 g/mol. The van der Waals surface area contributed by atoms with Crippen LogP contribution in [-0.2, 0) is 13.6 Å². The van der Waals surface area contributed by atoms with Gasteiger partial charge < -0.3 is 10.1 Å². The molecular weight excluding hydrogens is 394 g/mol. The molecule has 30 heavy (non-hydrogen) atoms. The van der Waals surface area contributed by atoms with E-state index in [9.17, 15) is 0 Å². The van der Waals surface area contributed by atoms with Crippen molar-refractivity contribution in [2.75, 3.05) is 7.11 Å². The molecule has 158 valence electrons. The summed E-state index contributed by atoms with van der Waals surface area (Å²) in [4.78, 5) is 0. The maximum Gasteiger partial charge on any atom is 0.118 e. The molecular formula is C25H30ClN3O. The van der Waals surface area contributed by atoms with Gasteiger partial charge in [0.1, 0.15) is 5.75 Å². The molecule has 1 unspecified atom stereocenters. The zero-order valence-electron chi connectivity index (χ0n) is 18.2. The number of aryl methyl sites for hydroxylation is 1. The number of hydrogen-bond donors (Lipinski definition) is 1. The van der Waals surface area contributed by atoms with Crippen molar-refractivity contribution in [2.24, 2.45) is 7.05 Å². The average Bonchev–Trinajstić information content (AvgIpc) is 3.05. The van der Waals surface area contributed by atoms with Crippen molar-refractivity contribution >= 4 is 17.2 Å². The Morgan fingerprint density at radius 3 is 2.43 bits per heavy atom. The quantitative estimate of drug-likeness (QED) is 0.453. The number of benzene rings is 2. The number of allylic oxidation sites excluding steroid dienone is 1. The standard InChI is InChI=1S/C25H30ClN3O/c1-6-7-17(2)24-23(18(3)29(4)28-24)25(20-10-12-21(26)13-11-20)27-16-19-8-14-22(30-5)15-9-19/h8-15,25,27H,2,6-7,16H2,1,3-5H3. The van der Waals surface area contributed by atoms with E-state index in [0.717, 1.165) is 46.1 Å². The number of aromatic nitrogens is 2. The number of nitrogens with one attached hydrogen (secondary N) is 1. The lowest BCUT2D eigenvalue weighted by Gasteiger charge is -2.22. The van der Waals surface area contributed by atoms with Crippen LogP contribution in [0.3, 0.4) is 0 Å². The van der Waals surface area contributed by atoms with Crippen molar-refractivity contribution in [1.29, 1.82) is 0 Å². The minimum Gasteiger partial charge on any atom is -0.497 e. The fraction of sp³-hybridized carbons (Fsp3) is 0.320. The van der Waals surface area contributed by atoms with E-state index in [2.05, 4.69) is 50.0 Å². The first-order valence-corrected chi connectivity index (χ1v) is 10.7. The van der Waals surface area contributed by atoms with Gasteiger partial charge >= 0.3 is 0 Å². The molecule has 2 aromatic carbocycles. The van der Waals surface area contributed by atoms with Gasteiger partial charge in [0.25, 0.3) is 0 Å². The van der Waals surface area contributed by atoms with Crippen LogP contribution in [0.2, 0.25) is 5.02 Å². The summed E-state index contributed by atoms with van der Waals surface area (Å²) in [7, 11) is 3.67. The van der Waals surface area contributed by atoms with Gasteiger partial charge in [0.2, 0.25) is 0 Å². The Labute approximate surface area is 184 Å². The molecule has 1 heterocycles. The van der Waals surface area contributed by atoms with Gasteiger partial charge in [0, 0.05) is 29.9 Å². The maximum atomic E-state index is 6.16. The summed E-state index contributed by atoms with van der Waals surface area (Å²) in [6, 6.07) is 16.1. The Morgan fingerprint density at radius 2 is 1.83 bits per heavy atom. The van der Waals surface area contributed by atoms with E-state index in [1.807, 2.05) is 36.0 Å². The molecule has 3 aromatic rings. The van der Waals surface area contributed by atoms with E-state index >= 15 is 0 Å². The van der Waals surface area contributed by atoms with Gasteiger partial charge in [-0.05, 0) is 54.3 Å². The Balaban J connectivity index is 1.99. The van der Waals surface area contributed by atoms with Crippen molar-refractivity contribution in [1.82, 2.24) is 15.1 Å². The molecule has 0 bridgehead atoms. The minimum absolute atomic E-state index is 0.0262. The summed E-state index contributed by atoms with van der Waals surface area (Å²) in [5.74, 6) is 0.856. The van der Waals surface area contributed by atoms with Gasteiger partial charge in [-0.3, -0.25) is 4.68 Å². The fourth-order valence-corrected chi connectivity index (χ4v) is 3.78. The maximum absolute atomic E-state index is 6.16. The molecule has 5 heteroatoms. The zero-order chi connectivity index (χ0) is 21.7. The Bertz CT molecular complexity index is 990. The van der Waals surface area contributed by atoms with E-state index in [0.29, 0.717) is 6.54 Å². The summed E-state index contributed by atoms with van der Waals surface area (Å²) in [6.07, 6.45) is 1.97. The minimum atomic E-state index is -0.0262. The second-order valence-electron chi connectivity index (χ2n) is 7.54. The largest absolute Gasteiger partial charge is 0.497 e. The smallest absolute Gasteiger partial charge is 0.118 e. The summed E-state index contributed by atoms with van der Waals surface area (Å²) in [5.41, 5.74) is 6.69. The molecule has 0 aliphatic heterocycles. The Hall–Kier alpha value is -2.56. The Kier molecular flexibility index (Phi) is 7.35. The van der Waals surface area contributed by atoms with Crippen LogP contribution in [0, 0.1) is 6.92 Å². The highest BCUT2D eigenvalue weighted by Crippen LogP contribution is 2.33. The molecule has 0 amide bonds. The molecule has 0 fully saturated rings. The predicted octanol–water partition coefficient (Wildman–Crippen LogP) is 6.08. The molecule has 4 nitrogen and oxygen atoms in total. The molecule has 0 saturated carbocycles. The summed E-state index contributed by atoms with van der Waals surface area (Å²) in [6.45, 7) is 9.31. The van der Waals surface area contributed by atoms with Gasteiger partial charge in [-0.25, -0.2) is 0 Å². The van der Waals surface area contributed by atoms with E-state index in [1.54, 1.807) is 7.11 Å². The zero-order valence-corrected chi connectivity index (χ0v) is 19.0. The highest BCUT2D eigenvalue weighted by atomic mass is 35.5. The van der Waals surface area contributed by atoms with Crippen molar-refractivity contribution in [3.63, 3.8) is 0 Å². The molecule has 1 aromatic heterocycles. The van der Waals surface area contributed by atoms with E-state index in [-0.39, 0.29) is 6.04 Å². The lowest BCUT2D eigenvalue weighted by Crippen LogP contribution is -2.23.